The Morgan fingerprint density at radius 1 is 1.05 bits per heavy atom. The van der Waals surface area contributed by atoms with Crippen molar-refractivity contribution in [2.75, 3.05) is 33.7 Å². The van der Waals surface area contributed by atoms with Crippen LogP contribution in [0.1, 0.15) is 43.9 Å². The molecule has 2 amide bonds. The first-order chi connectivity index (χ1) is 18.3. The Labute approximate surface area is 225 Å². The number of carbonyl (C=O) groups excluding carboxylic acids is 2. The fourth-order valence-electron chi connectivity index (χ4n) is 5.12. The van der Waals surface area contributed by atoms with E-state index < -0.39 is 5.54 Å². The number of benzene rings is 2. The molecule has 2 aromatic carbocycles. The molecule has 2 atom stereocenters. The van der Waals surface area contributed by atoms with Gasteiger partial charge in [0.25, 0.3) is 5.91 Å². The molecule has 0 bridgehead atoms. The highest BCUT2D eigenvalue weighted by Gasteiger charge is 2.38. The number of aliphatic imine (C=N–C) groups is 2. The van der Waals surface area contributed by atoms with Crippen LogP contribution in [0.5, 0.6) is 0 Å². The summed E-state index contributed by atoms with van der Waals surface area (Å²) in [4.78, 5) is 39.3. The standard InChI is InChI=1S/C30H38N6O2/c1-5-16-36(27(22-12-8-6-9-13-22)23-14-10-7-11-15-23)24(17-26(37)35(3)4)18-32-29(38)25-19-31-20-30(2)28(25)33-21-34-30/h6-15,19,21,24,27H,5,16-18,20H2,1-4H3,(H,32,38)(H,33,34). The Morgan fingerprint density at radius 2 is 1.68 bits per heavy atom. The van der Waals surface area contributed by atoms with E-state index in [-0.39, 0.29) is 30.3 Å². The third-order valence-electron chi connectivity index (χ3n) is 7.15. The van der Waals surface area contributed by atoms with Crippen molar-refractivity contribution in [3.8, 4) is 0 Å². The average molecular weight is 515 g/mol. The highest BCUT2D eigenvalue weighted by Crippen LogP contribution is 2.32. The first kappa shape index (κ1) is 27.3. The van der Waals surface area contributed by atoms with E-state index in [2.05, 4.69) is 56.7 Å². The second-order valence-corrected chi connectivity index (χ2v) is 10.3. The van der Waals surface area contributed by atoms with Crippen molar-refractivity contribution in [1.82, 2.24) is 20.4 Å². The molecule has 0 saturated heterocycles. The maximum absolute atomic E-state index is 13.4. The van der Waals surface area contributed by atoms with E-state index in [4.69, 9.17) is 0 Å². The fourth-order valence-corrected chi connectivity index (χ4v) is 5.12. The molecule has 0 fully saturated rings. The summed E-state index contributed by atoms with van der Waals surface area (Å²) in [5.41, 5.74) is 3.00. The number of amides is 2. The largest absolute Gasteiger partial charge is 0.350 e. The lowest BCUT2D eigenvalue weighted by atomic mass is 9.93. The molecule has 2 aromatic rings. The van der Waals surface area contributed by atoms with Crippen LogP contribution in [0.25, 0.3) is 0 Å². The van der Waals surface area contributed by atoms with Gasteiger partial charge in [-0.05, 0) is 31.0 Å². The monoisotopic (exact) mass is 514 g/mol. The zero-order valence-electron chi connectivity index (χ0n) is 22.7. The van der Waals surface area contributed by atoms with Crippen molar-refractivity contribution >= 4 is 24.4 Å². The van der Waals surface area contributed by atoms with Crippen LogP contribution < -0.4 is 10.6 Å². The van der Waals surface area contributed by atoms with Crippen LogP contribution >= 0.6 is 0 Å². The SMILES string of the molecule is CCCN(C(CNC(=O)C1=C2NC=NC2(C)CN=C1)CC(=O)N(C)C)C(c1ccccc1)c1ccccc1. The van der Waals surface area contributed by atoms with Crippen molar-refractivity contribution in [2.24, 2.45) is 9.98 Å². The van der Waals surface area contributed by atoms with Crippen LogP contribution in [-0.2, 0) is 9.59 Å². The molecule has 2 aliphatic heterocycles. The molecule has 0 aromatic heterocycles. The summed E-state index contributed by atoms with van der Waals surface area (Å²) in [5, 5.41) is 6.26. The second-order valence-electron chi connectivity index (χ2n) is 10.3. The molecular weight excluding hydrogens is 476 g/mol. The van der Waals surface area contributed by atoms with Crippen molar-refractivity contribution in [3.63, 3.8) is 0 Å². The van der Waals surface area contributed by atoms with Gasteiger partial charge in [-0.1, -0.05) is 67.6 Å². The van der Waals surface area contributed by atoms with Crippen LogP contribution in [0.2, 0.25) is 0 Å². The molecule has 2 aliphatic rings. The number of nitrogens with one attached hydrogen (secondary N) is 2. The molecule has 0 saturated carbocycles. The Hall–Kier alpha value is -3.78. The minimum Gasteiger partial charge on any atom is -0.350 e. The third-order valence-corrected chi connectivity index (χ3v) is 7.15. The first-order valence-electron chi connectivity index (χ1n) is 13.2. The molecule has 38 heavy (non-hydrogen) atoms. The van der Waals surface area contributed by atoms with Crippen molar-refractivity contribution in [3.05, 3.63) is 83.1 Å². The first-order valence-corrected chi connectivity index (χ1v) is 13.2. The van der Waals surface area contributed by atoms with Crippen LogP contribution in [-0.4, -0.2) is 79.5 Å². The summed E-state index contributed by atoms with van der Waals surface area (Å²) in [6.07, 6.45) is 4.43. The van der Waals surface area contributed by atoms with Gasteiger partial charge in [0.2, 0.25) is 5.91 Å². The molecule has 8 nitrogen and oxygen atoms in total. The summed E-state index contributed by atoms with van der Waals surface area (Å²) in [7, 11) is 3.54. The van der Waals surface area contributed by atoms with E-state index in [1.165, 1.54) is 0 Å². The minimum absolute atomic E-state index is 0.0184. The smallest absolute Gasteiger partial charge is 0.254 e. The van der Waals surface area contributed by atoms with E-state index in [1.807, 2.05) is 43.3 Å². The van der Waals surface area contributed by atoms with E-state index in [1.54, 1.807) is 31.5 Å². The predicted octanol–water partition coefficient (Wildman–Crippen LogP) is 3.18. The number of hydrogen-bond donors (Lipinski definition) is 2. The van der Waals surface area contributed by atoms with Crippen molar-refractivity contribution < 1.29 is 9.59 Å². The number of hydrogen-bond acceptors (Lipinski definition) is 6. The van der Waals surface area contributed by atoms with Gasteiger partial charge in [-0.15, -0.1) is 0 Å². The maximum Gasteiger partial charge on any atom is 0.254 e. The summed E-state index contributed by atoms with van der Waals surface area (Å²) in [5.74, 6) is -0.202. The van der Waals surface area contributed by atoms with E-state index in [0.29, 0.717) is 18.7 Å². The topological polar surface area (TPSA) is 89.4 Å². The van der Waals surface area contributed by atoms with Crippen LogP contribution in [0.3, 0.4) is 0 Å². The lowest BCUT2D eigenvalue weighted by molar-refractivity contribution is -0.130. The van der Waals surface area contributed by atoms with Crippen molar-refractivity contribution in [1.29, 1.82) is 0 Å². The van der Waals surface area contributed by atoms with E-state index >= 15 is 0 Å². The van der Waals surface area contributed by atoms with Gasteiger partial charge in [0, 0.05) is 39.3 Å². The molecule has 4 rings (SSSR count). The number of dihydropyridines is 1. The van der Waals surface area contributed by atoms with Gasteiger partial charge in [0.1, 0.15) is 5.54 Å². The highest BCUT2D eigenvalue weighted by atomic mass is 16.2. The third kappa shape index (κ3) is 6.02. The van der Waals surface area contributed by atoms with Gasteiger partial charge in [-0.3, -0.25) is 24.5 Å². The molecule has 0 aliphatic carbocycles. The Morgan fingerprint density at radius 3 is 2.26 bits per heavy atom. The van der Waals surface area contributed by atoms with Gasteiger partial charge in [0.05, 0.1) is 30.2 Å². The Kier molecular flexibility index (Phi) is 8.73. The quantitative estimate of drug-likeness (QED) is 0.482. The number of fused-ring (bicyclic) bond motifs is 1. The van der Waals surface area contributed by atoms with Crippen LogP contribution in [0.4, 0.5) is 0 Å². The number of rotatable bonds is 11. The Balaban J connectivity index is 1.66. The molecule has 2 N–H and O–H groups in total. The maximum atomic E-state index is 13.4. The molecule has 200 valence electrons. The van der Waals surface area contributed by atoms with Crippen LogP contribution in [0.15, 0.2) is 81.9 Å². The van der Waals surface area contributed by atoms with Gasteiger partial charge in [-0.2, -0.15) is 0 Å². The van der Waals surface area contributed by atoms with Gasteiger partial charge in [-0.25, -0.2) is 0 Å². The van der Waals surface area contributed by atoms with Gasteiger partial charge in [0.15, 0.2) is 0 Å². The highest BCUT2D eigenvalue weighted by molar-refractivity contribution is 6.14. The number of carbonyl (C=O) groups is 2. The van der Waals surface area contributed by atoms with Crippen molar-refractivity contribution in [2.45, 2.75) is 44.3 Å². The molecule has 2 heterocycles. The zero-order chi connectivity index (χ0) is 27.1. The number of nitrogens with zero attached hydrogens (tertiary/aromatic N) is 4. The fraction of sp³-hybridized carbons (Fsp3) is 0.400. The van der Waals surface area contributed by atoms with E-state index in [9.17, 15) is 9.59 Å². The Bertz CT molecular complexity index is 1170. The van der Waals surface area contributed by atoms with Crippen LogP contribution in [0, 0.1) is 0 Å². The average Bonchev–Trinajstić information content (AvgIpc) is 3.33. The molecule has 0 radical (unpaired) electrons. The predicted molar refractivity (Wildman–Crippen MR) is 152 cm³/mol. The lowest BCUT2D eigenvalue weighted by Crippen LogP contribution is -2.49. The second kappa shape index (κ2) is 12.2. The molecular formula is C30H38N6O2. The molecule has 0 spiro atoms. The summed E-state index contributed by atoms with van der Waals surface area (Å²) >= 11 is 0. The molecule has 8 heteroatoms. The molecule has 2 unspecified atom stereocenters. The summed E-state index contributed by atoms with van der Waals surface area (Å²) in [6, 6.07) is 20.4. The van der Waals surface area contributed by atoms with Gasteiger partial charge >= 0.3 is 0 Å². The summed E-state index contributed by atoms with van der Waals surface area (Å²) in [6.45, 7) is 5.69. The zero-order valence-corrected chi connectivity index (χ0v) is 22.7. The van der Waals surface area contributed by atoms with Gasteiger partial charge < -0.3 is 15.5 Å². The lowest BCUT2D eigenvalue weighted by Gasteiger charge is -2.39. The summed E-state index contributed by atoms with van der Waals surface area (Å²) < 4.78 is 0. The minimum atomic E-state index is -0.540. The van der Waals surface area contributed by atoms with E-state index in [0.717, 1.165) is 29.8 Å². The normalized spacial score (nSPS) is 18.9.